The van der Waals surface area contributed by atoms with E-state index >= 15 is 0 Å². The second-order valence-electron chi connectivity index (χ2n) is 4.20. The summed E-state index contributed by atoms with van der Waals surface area (Å²) >= 11 is 0. The van der Waals surface area contributed by atoms with Gasteiger partial charge in [-0.1, -0.05) is 6.07 Å². The van der Waals surface area contributed by atoms with Crippen LogP contribution in [0, 0.1) is 6.92 Å². The molecule has 1 aromatic heterocycles. The van der Waals surface area contributed by atoms with Crippen molar-refractivity contribution in [2.75, 3.05) is 20.8 Å². The molecule has 108 valence electrons. The monoisotopic (exact) mass is 378 g/mol. The summed E-state index contributed by atoms with van der Waals surface area (Å²) in [4.78, 5) is 8.58. The van der Waals surface area contributed by atoms with Gasteiger partial charge in [0.25, 0.3) is 0 Å². The smallest absolute Gasteiger partial charge is 0.191 e. The molecule has 0 bridgehead atoms. The first kappa shape index (κ1) is 18.1. The third kappa shape index (κ3) is 7.31. The summed E-state index contributed by atoms with van der Waals surface area (Å²) in [5.41, 5.74) is 2.02. The molecule has 6 heteroatoms. The van der Waals surface area contributed by atoms with Crippen LogP contribution in [-0.2, 0) is 11.3 Å². The SMILES string of the molecule is CN=C(NCc1cccc(C)n1)NC(C)COC.I. The van der Waals surface area contributed by atoms with E-state index < -0.39 is 0 Å². The van der Waals surface area contributed by atoms with Crippen LogP contribution < -0.4 is 10.6 Å². The van der Waals surface area contributed by atoms with Crippen molar-refractivity contribution in [2.24, 2.45) is 4.99 Å². The second kappa shape index (κ2) is 9.96. The maximum Gasteiger partial charge on any atom is 0.191 e. The Kier molecular flexibility index (Phi) is 9.50. The summed E-state index contributed by atoms with van der Waals surface area (Å²) in [6.45, 7) is 5.32. The van der Waals surface area contributed by atoms with Crippen molar-refractivity contribution >= 4 is 29.9 Å². The topological polar surface area (TPSA) is 58.5 Å². The Morgan fingerprint density at radius 3 is 2.79 bits per heavy atom. The van der Waals surface area contributed by atoms with Crippen molar-refractivity contribution in [1.82, 2.24) is 15.6 Å². The van der Waals surface area contributed by atoms with Crippen LogP contribution in [0.5, 0.6) is 0 Å². The van der Waals surface area contributed by atoms with Crippen molar-refractivity contribution in [3.8, 4) is 0 Å². The van der Waals surface area contributed by atoms with E-state index in [2.05, 4.69) is 20.6 Å². The first-order chi connectivity index (χ1) is 8.65. The van der Waals surface area contributed by atoms with Crippen LogP contribution in [0.2, 0.25) is 0 Å². The van der Waals surface area contributed by atoms with Gasteiger partial charge in [0.15, 0.2) is 5.96 Å². The van der Waals surface area contributed by atoms with Gasteiger partial charge in [0.2, 0.25) is 0 Å². The van der Waals surface area contributed by atoms with Crippen LogP contribution in [0.25, 0.3) is 0 Å². The molecule has 1 unspecified atom stereocenters. The molecule has 2 N–H and O–H groups in total. The summed E-state index contributed by atoms with van der Waals surface area (Å²) in [6, 6.07) is 6.19. The largest absolute Gasteiger partial charge is 0.383 e. The fourth-order valence-corrected chi connectivity index (χ4v) is 1.59. The molecule has 0 saturated heterocycles. The lowest BCUT2D eigenvalue weighted by atomic mass is 10.3. The Hall–Kier alpha value is -0.890. The zero-order valence-corrected chi connectivity index (χ0v) is 14.3. The van der Waals surface area contributed by atoms with Crippen LogP contribution in [0.1, 0.15) is 18.3 Å². The zero-order valence-electron chi connectivity index (χ0n) is 11.9. The lowest BCUT2D eigenvalue weighted by Gasteiger charge is -2.17. The molecule has 1 heterocycles. The van der Waals surface area contributed by atoms with Crippen molar-refractivity contribution < 1.29 is 4.74 Å². The maximum atomic E-state index is 5.07. The molecule has 19 heavy (non-hydrogen) atoms. The van der Waals surface area contributed by atoms with Gasteiger partial charge >= 0.3 is 0 Å². The average Bonchev–Trinajstić information content (AvgIpc) is 2.35. The van der Waals surface area contributed by atoms with E-state index in [4.69, 9.17) is 4.74 Å². The number of guanidine groups is 1. The first-order valence-corrected chi connectivity index (χ1v) is 6.04. The molecule has 0 radical (unpaired) electrons. The summed E-state index contributed by atoms with van der Waals surface area (Å²) in [7, 11) is 3.43. The van der Waals surface area contributed by atoms with Crippen LogP contribution in [0.15, 0.2) is 23.2 Å². The summed E-state index contributed by atoms with van der Waals surface area (Å²) in [5, 5.41) is 6.46. The van der Waals surface area contributed by atoms with E-state index in [9.17, 15) is 0 Å². The Labute approximate surface area is 132 Å². The number of methoxy groups -OCH3 is 1. The van der Waals surface area contributed by atoms with Crippen LogP contribution in [0.3, 0.4) is 0 Å². The molecule has 1 aromatic rings. The standard InChI is InChI=1S/C13H22N4O.HI/c1-10-6-5-7-12(16-10)8-15-13(14-3)17-11(2)9-18-4;/h5-7,11H,8-9H2,1-4H3,(H2,14,15,17);1H. The van der Waals surface area contributed by atoms with Gasteiger partial charge in [-0.3, -0.25) is 9.98 Å². The number of nitrogens with one attached hydrogen (secondary N) is 2. The van der Waals surface area contributed by atoms with Gasteiger partial charge in [-0.25, -0.2) is 0 Å². The third-order valence-electron chi connectivity index (χ3n) is 2.41. The Morgan fingerprint density at radius 1 is 1.47 bits per heavy atom. The number of aryl methyl sites for hydroxylation is 1. The van der Waals surface area contributed by atoms with Crippen molar-refractivity contribution in [1.29, 1.82) is 0 Å². The molecule has 5 nitrogen and oxygen atoms in total. The number of ether oxygens (including phenoxy) is 1. The molecule has 0 aromatic carbocycles. The van der Waals surface area contributed by atoms with Gasteiger partial charge in [-0.05, 0) is 26.0 Å². The fourth-order valence-electron chi connectivity index (χ4n) is 1.59. The van der Waals surface area contributed by atoms with Gasteiger partial charge in [-0.2, -0.15) is 0 Å². The molecule has 0 aliphatic rings. The lowest BCUT2D eigenvalue weighted by Crippen LogP contribution is -2.43. The highest BCUT2D eigenvalue weighted by Crippen LogP contribution is 1.97. The fraction of sp³-hybridized carbons (Fsp3) is 0.538. The number of aromatic nitrogens is 1. The van der Waals surface area contributed by atoms with Gasteiger partial charge < -0.3 is 15.4 Å². The second-order valence-corrected chi connectivity index (χ2v) is 4.20. The molecule has 0 fully saturated rings. The summed E-state index contributed by atoms with van der Waals surface area (Å²) < 4.78 is 5.07. The highest BCUT2D eigenvalue weighted by Gasteiger charge is 2.04. The number of hydrogen-bond donors (Lipinski definition) is 2. The molecule has 1 rings (SSSR count). The molecule has 1 atom stereocenters. The first-order valence-electron chi connectivity index (χ1n) is 6.04. The lowest BCUT2D eigenvalue weighted by molar-refractivity contribution is 0.179. The van der Waals surface area contributed by atoms with Gasteiger partial charge in [0, 0.05) is 25.9 Å². The molecule has 0 spiro atoms. The Balaban J connectivity index is 0.00000324. The van der Waals surface area contributed by atoms with E-state index in [-0.39, 0.29) is 30.0 Å². The predicted octanol–water partition coefficient (Wildman–Crippen LogP) is 1.71. The molecule has 0 aliphatic heterocycles. The highest BCUT2D eigenvalue weighted by atomic mass is 127. The van der Waals surface area contributed by atoms with E-state index in [1.54, 1.807) is 14.2 Å². The highest BCUT2D eigenvalue weighted by molar-refractivity contribution is 14.0. The van der Waals surface area contributed by atoms with Crippen LogP contribution in [0.4, 0.5) is 0 Å². The molecule has 0 aliphatic carbocycles. The van der Waals surface area contributed by atoms with Crippen molar-refractivity contribution in [3.63, 3.8) is 0 Å². The van der Waals surface area contributed by atoms with E-state index in [1.165, 1.54) is 0 Å². The third-order valence-corrected chi connectivity index (χ3v) is 2.41. The van der Waals surface area contributed by atoms with Gasteiger partial charge in [0.1, 0.15) is 0 Å². The van der Waals surface area contributed by atoms with Gasteiger partial charge in [-0.15, -0.1) is 24.0 Å². The average molecular weight is 378 g/mol. The van der Waals surface area contributed by atoms with E-state index in [0.717, 1.165) is 17.3 Å². The normalized spacial score (nSPS) is 12.5. The molecule has 0 amide bonds. The number of halogens is 1. The predicted molar refractivity (Wildman–Crippen MR) is 89.1 cm³/mol. The van der Waals surface area contributed by atoms with E-state index in [1.807, 2.05) is 32.0 Å². The molecule has 0 saturated carbocycles. The molecular weight excluding hydrogens is 355 g/mol. The zero-order chi connectivity index (χ0) is 13.4. The molecular formula is C13H23IN4O. The van der Waals surface area contributed by atoms with Crippen molar-refractivity contribution in [3.05, 3.63) is 29.6 Å². The van der Waals surface area contributed by atoms with Crippen molar-refractivity contribution in [2.45, 2.75) is 26.4 Å². The Bertz CT molecular complexity index is 398. The van der Waals surface area contributed by atoms with Gasteiger partial charge in [0.05, 0.1) is 18.8 Å². The number of nitrogens with zero attached hydrogens (tertiary/aromatic N) is 2. The summed E-state index contributed by atoms with van der Waals surface area (Å²) in [5.74, 6) is 0.753. The van der Waals surface area contributed by atoms with E-state index in [0.29, 0.717) is 13.2 Å². The minimum absolute atomic E-state index is 0. The maximum absolute atomic E-state index is 5.07. The van der Waals surface area contributed by atoms with Crippen LogP contribution in [-0.4, -0.2) is 37.7 Å². The number of pyridine rings is 1. The summed E-state index contributed by atoms with van der Waals surface area (Å²) in [6.07, 6.45) is 0. The Morgan fingerprint density at radius 2 is 2.21 bits per heavy atom. The minimum atomic E-state index is 0. The number of aliphatic imine (C=N–C) groups is 1. The number of hydrogen-bond acceptors (Lipinski definition) is 3. The number of rotatable bonds is 5. The minimum Gasteiger partial charge on any atom is -0.383 e. The quantitative estimate of drug-likeness (QED) is 0.465. The van der Waals surface area contributed by atoms with Crippen LogP contribution >= 0.6 is 24.0 Å².